The van der Waals surface area contributed by atoms with E-state index in [0.717, 1.165) is 0 Å². The molecule has 6 nitrogen and oxygen atoms in total. The van der Waals surface area contributed by atoms with Crippen LogP contribution in [-0.4, -0.2) is 37.5 Å². The van der Waals surface area contributed by atoms with Gasteiger partial charge in [0.1, 0.15) is 11.5 Å². The molecule has 0 fully saturated rings. The molecule has 0 radical (unpaired) electrons. The molecule has 2 N–H and O–H groups in total. The van der Waals surface area contributed by atoms with Crippen molar-refractivity contribution >= 4 is 17.6 Å². The highest BCUT2D eigenvalue weighted by Crippen LogP contribution is 2.31. The zero-order valence-electron chi connectivity index (χ0n) is 13.6. The molecular formula is C18H18O6. The van der Waals surface area contributed by atoms with Gasteiger partial charge in [0.25, 0.3) is 0 Å². The van der Waals surface area contributed by atoms with E-state index >= 15 is 0 Å². The van der Waals surface area contributed by atoms with E-state index in [9.17, 15) is 15.0 Å². The molecule has 0 aliphatic carbocycles. The summed E-state index contributed by atoms with van der Waals surface area (Å²) in [6.45, 7) is 0. The van der Waals surface area contributed by atoms with Gasteiger partial charge in [-0.05, 0) is 41.5 Å². The number of aliphatic carboxylic acids is 1. The first-order chi connectivity index (χ1) is 11.5. The van der Waals surface area contributed by atoms with Crippen molar-refractivity contribution in [2.45, 2.75) is 0 Å². The first kappa shape index (κ1) is 17.2. The molecule has 0 aliphatic rings. The molecule has 6 heteroatoms. The number of carboxylic acids is 1. The fraction of sp³-hybridized carbons (Fsp3) is 0.167. The van der Waals surface area contributed by atoms with Crippen molar-refractivity contribution in [3.63, 3.8) is 0 Å². The van der Waals surface area contributed by atoms with Crippen LogP contribution in [0.4, 0.5) is 0 Å². The molecule has 0 unspecified atom stereocenters. The van der Waals surface area contributed by atoms with Crippen molar-refractivity contribution in [1.82, 2.24) is 0 Å². The lowest BCUT2D eigenvalue weighted by molar-refractivity contribution is -0.130. The summed E-state index contributed by atoms with van der Waals surface area (Å²) in [7, 11) is 4.41. The molecule has 0 heterocycles. The monoisotopic (exact) mass is 330 g/mol. The van der Waals surface area contributed by atoms with Gasteiger partial charge < -0.3 is 24.4 Å². The highest BCUT2D eigenvalue weighted by Gasteiger charge is 2.14. The quantitative estimate of drug-likeness (QED) is 0.625. The summed E-state index contributed by atoms with van der Waals surface area (Å²) in [5, 5.41) is 19.2. The highest BCUT2D eigenvalue weighted by atomic mass is 16.5. The normalized spacial score (nSPS) is 11.0. The summed E-state index contributed by atoms with van der Waals surface area (Å²) in [4.78, 5) is 11.7. The molecule has 0 saturated carbocycles. The fourth-order valence-corrected chi connectivity index (χ4v) is 2.18. The summed E-state index contributed by atoms with van der Waals surface area (Å²) in [5.74, 6) is 0.114. The third-order valence-corrected chi connectivity index (χ3v) is 3.41. The molecule has 2 aromatic rings. The predicted molar refractivity (Wildman–Crippen MR) is 89.7 cm³/mol. The maximum absolute atomic E-state index is 11.7. The van der Waals surface area contributed by atoms with Crippen LogP contribution in [0.15, 0.2) is 36.4 Å². The highest BCUT2D eigenvalue weighted by molar-refractivity contribution is 6.20. The van der Waals surface area contributed by atoms with E-state index in [1.807, 2.05) is 0 Å². The second kappa shape index (κ2) is 7.41. The summed E-state index contributed by atoms with van der Waals surface area (Å²) in [5.41, 5.74) is 1.06. The number of hydrogen-bond acceptors (Lipinski definition) is 5. The van der Waals surface area contributed by atoms with Crippen molar-refractivity contribution in [3.8, 4) is 23.0 Å². The Kier molecular flexibility index (Phi) is 5.31. The molecule has 0 saturated heterocycles. The van der Waals surface area contributed by atoms with Gasteiger partial charge in [-0.25, -0.2) is 4.79 Å². The van der Waals surface area contributed by atoms with Crippen LogP contribution < -0.4 is 14.2 Å². The Labute approximate surface area is 139 Å². The van der Waals surface area contributed by atoms with Crippen LogP contribution in [0.5, 0.6) is 23.0 Å². The number of rotatable bonds is 6. The number of benzene rings is 2. The van der Waals surface area contributed by atoms with Gasteiger partial charge in [0.15, 0.2) is 11.5 Å². The standard InChI is InChI=1S/C18H18O6/c1-22-13-8-12(9-14(10-13)23-2)15(18(20)21)6-11-4-5-16(19)17(7-11)24-3/h4-10,19H,1-3H3,(H,20,21)/b15-6+. The minimum atomic E-state index is -1.10. The van der Waals surface area contributed by atoms with Crippen LogP contribution in [0, 0.1) is 0 Å². The molecule has 0 amide bonds. The fourth-order valence-electron chi connectivity index (χ4n) is 2.18. The first-order valence-corrected chi connectivity index (χ1v) is 7.04. The number of ether oxygens (including phenoxy) is 3. The number of aromatic hydroxyl groups is 1. The zero-order valence-corrected chi connectivity index (χ0v) is 13.6. The average Bonchev–Trinajstić information content (AvgIpc) is 2.59. The van der Waals surface area contributed by atoms with Crippen molar-refractivity contribution in [3.05, 3.63) is 47.5 Å². The Morgan fingerprint density at radius 2 is 1.58 bits per heavy atom. The Morgan fingerprint density at radius 1 is 0.958 bits per heavy atom. The van der Waals surface area contributed by atoms with Crippen molar-refractivity contribution < 1.29 is 29.2 Å². The Hall–Kier alpha value is -3.15. The third kappa shape index (κ3) is 3.78. The smallest absolute Gasteiger partial charge is 0.336 e. The van der Waals surface area contributed by atoms with E-state index in [4.69, 9.17) is 14.2 Å². The minimum absolute atomic E-state index is 0.0189. The van der Waals surface area contributed by atoms with Crippen LogP contribution >= 0.6 is 0 Å². The second-order valence-electron chi connectivity index (χ2n) is 4.90. The second-order valence-corrected chi connectivity index (χ2v) is 4.90. The SMILES string of the molecule is COc1cc(OC)cc(/C(=C\c2ccc(O)c(OC)c2)C(=O)O)c1. The maximum atomic E-state index is 11.7. The third-order valence-electron chi connectivity index (χ3n) is 3.41. The summed E-state index contributed by atoms with van der Waals surface area (Å²) < 4.78 is 15.4. The van der Waals surface area contributed by atoms with E-state index in [1.54, 1.807) is 30.3 Å². The Morgan fingerprint density at radius 3 is 2.08 bits per heavy atom. The van der Waals surface area contributed by atoms with E-state index < -0.39 is 5.97 Å². The van der Waals surface area contributed by atoms with Crippen molar-refractivity contribution in [2.24, 2.45) is 0 Å². The molecular weight excluding hydrogens is 312 g/mol. The van der Waals surface area contributed by atoms with Gasteiger partial charge in [-0.2, -0.15) is 0 Å². The molecule has 0 aliphatic heterocycles. The van der Waals surface area contributed by atoms with Crippen LogP contribution in [0.25, 0.3) is 11.6 Å². The van der Waals surface area contributed by atoms with E-state index in [0.29, 0.717) is 22.6 Å². The van der Waals surface area contributed by atoms with Gasteiger partial charge in [0.2, 0.25) is 0 Å². The topological polar surface area (TPSA) is 85.2 Å². The van der Waals surface area contributed by atoms with Crippen LogP contribution in [0.3, 0.4) is 0 Å². The molecule has 0 spiro atoms. The van der Waals surface area contributed by atoms with E-state index in [2.05, 4.69) is 0 Å². The van der Waals surface area contributed by atoms with Gasteiger partial charge in [0.05, 0.1) is 26.9 Å². The number of phenols is 1. The van der Waals surface area contributed by atoms with E-state index in [-0.39, 0.29) is 17.1 Å². The number of phenolic OH excluding ortho intramolecular Hbond substituents is 1. The maximum Gasteiger partial charge on any atom is 0.336 e. The van der Waals surface area contributed by atoms with Gasteiger partial charge in [-0.1, -0.05) is 6.07 Å². The molecule has 0 aromatic heterocycles. The number of methoxy groups -OCH3 is 3. The molecule has 0 bridgehead atoms. The predicted octanol–water partition coefficient (Wildman–Crippen LogP) is 3.04. The lowest BCUT2D eigenvalue weighted by Crippen LogP contribution is -2.01. The first-order valence-electron chi connectivity index (χ1n) is 7.04. The van der Waals surface area contributed by atoms with Gasteiger partial charge in [-0.15, -0.1) is 0 Å². The van der Waals surface area contributed by atoms with E-state index in [1.165, 1.54) is 33.5 Å². The average molecular weight is 330 g/mol. The molecule has 24 heavy (non-hydrogen) atoms. The minimum Gasteiger partial charge on any atom is -0.504 e. The molecule has 126 valence electrons. The largest absolute Gasteiger partial charge is 0.504 e. The van der Waals surface area contributed by atoms with Gasteiger partial charge in [-0.3, -0.25) is 0 Å². The number of carboxylic acid groups (broad SMARTS) is 1. The molecule has 2 aromatic carbocycles. The van der Waals surface area contributed by atoms with Crippen LogP contribution in [0.2, 0.25) is 0 Å². The Bertz CT molecular complexity index is 757. The zero-order chi connectivity index (χ0) is 17.7. The summed E-state index contributed by atoms with van der Waals surface area (Å²) >= 11 is 0. The summed E-state index contributed by atoms with van der Waals surface area (Å²) in [6.07, 6.45) is 1.48. The lowest BCUT2D eigenvalue weighted by atomic mass is 10.0. The van der Waals surface area contributed by atoms with Crippen molar-refractivity contribution in [2.75, 3.05) is 21.3 Å². The number of hydrogen-bond donors (Lipinski definition) is 2. The summed E-state index contributed by atoms with van der Waals surface area (Å²) in [6, 6.07) is 9.47. The van der Waals surface area contributed by atoms with Gasteiger partial charge >= 0.3 is 5.97 Å². The molecule has 2 rings (SSSR count). The van der Waals surface area contributed by atoms with Crippen molar-refractivity contribution in [1.29, 1.82) is 0 Å². The van der Waals surface area contributed by atoms with Crippen LogP contribution in [0.1, 0.15) is 11.1 Å². The Balaban J connectivity index is 2.56. The molecule has 0 atom stereocenters. The van der Waals surface area contributed by atoms with Crippen LogP contribution in [-0.2, 0) is 4.79 Å². The number of carbonyl (C=O) groups is 1. The lowest BCUT2D eigenvalue weighted by Gasteiger charge is -2.10. The van der Waals surface area contributed by atoms with Gasteiger partial charge in [0, 0.05) is 6.07 Å².